The zero-order valence-electron chi connectivity index (χ0n) is 14.9. The van der Waals surface area contributed by atoms with E-state index in [1.807, 2.05) is 42.0 Å². The van der Waals surface area contributed by atoms with Crippen LogP contribution in [-0.2, 0) is 14.6 Å². The number of benzene rings is 2. The van der Waals surface area contributed by atoms with Crippen LogP contribution in [0, 0.1) is 6.92 Å². The molecular formula is C19H19N3O3S2. The summed E-state index contributed by atoms with van der Waals surface area (Å²) in [6, 6.07) is 14.3. The van der Waals surface area contributed by atoms with Crippen molar-refractivity contribution in [3.05, 3.63) is 66.5 Å². The Hall–Kier alpha value is -2.58. The number of hydrogen-bond acceptors (Lipinski definition) is 5. The number of para-hydroxylation sites is 2. The van der Waals surface area contributed by atoms with Gasteiger partial charge in [-0.15, -0.1) is 0 Å². The maximum Gasteiger partial charge on any atom is 0.234 e. The highest BCUT2D eigenvalue weighted by molar-refractivity contribution is 7.99. The largest absolute Gasteiger partial charge is 0.324 e. The van der Waals surface area contributed by atoms with E-state index in [0.717, 1.165) is 17.5 Å². The molecule has 0 aliphatic rings. The molecule has 0 radical (unpaired) electrons. The van der Waals surface area contributed by atoms with Crippen molar-refractivity contribution in [2.45, 2.75) is 17.0 Å². The van der Waals surface area contributed by atoms with Gasteiger partial charge in [-0.1, -0.05) is 42.1 Å². The van der Waals surface area contributed by atoms with Crippen LogP contribution in [0.3, 0.4) is 0 Å². The zero-order valence-corrected chi connectivity index (χ0v) is 16.5. The van der Waals surface area contributed by atoms with Crippen molar-refractivity contribution in [3.63, 3.8) is 0 Å². The molecule has 1 aromatic heterocycles. The van der Waals surface area contributed by atoms with Gasteiger partial charge in [0.2, 0.25) is 5.91 Å². The number of sulfone groups is 1. The van der Waals surface area contributed by atoms with Crippen LogP contribution in [0.25, 0.3) is 5.69 Å². The monoisotopic (exact) mass is 401 g/mol. The molecule has 0 aliphatic carbocycles. The lowest BCUT2D eigenvalue weighted by Gasteiger charge is -2.11. The molecule has 0 saturated carbocycles. The summed E-state index contributed by atoms with van der Waals surface area (Å²) in [7, 11) is -3.42. The number of anilines is 1. The first-order valence-corrected chi connectivity index (χ1v) is 11.0. The summed E-state index contributed by atoms with van der Waals surface area (Å²) in [6.07, 6.45) is 4.65. The highest BCUT2D eigenvalue weighted by Crippen LogP contribution is 2.24. The van der Waals surface area contributed by atoms with Crippen molar-refractivity contribution in [1.29, 1.82) is 0 Å². The van der Waals surface area contributed by atoms with E-state index in [2.05, 4.69) is 10.3 Å². The van der Waals surface area contributed by atoms with Crippen LogP contribution in [-0.4, -0.2) is 35.9 Å². The lowest BCUT2D eigenvalue weighted by Crippen LogP contribution is -2.16. The third-order valence-electron chi connectivity index (χ3n) is 3.87. The van der Waals surface area contributed by atoms with Crippen molar-refractivity contribution in [2.75, 3.05) is 17.3 Å². The standard InChI is InChI=1S/C19H19N3O3S2/c1-14-7-3-5-9-16(14)22-12-11-20-19(22)26-13-18(23)21-15-8-4-6-10-17(15)27(2,24)25/h3-12H,13H2,1-2H3,(H,21,23). The van der Waals surface area contributed by atoms with Crippen LogP contribution in [0.1, 0.15) is 5.56 Å². The molecule has 27 heavy (non-hydrogen) atoms. The molecule has 8 heteroatoms. The first-order valence-electron chi connectivity index (χ1n) is 8.17. The molecule has 0 fully saturated rings. The number of carbonyl (C=O) groups is 1. The van der Waals surface area contributed by atoms with Gasteiger partial charge in [0.05, 0.1) is 22.0 Å². The van der Waals surface area contributed by atoms with Crippen LogP contribution in [0.4, 0.5) is 5.69 Å². The number of amides is 1. The average molecular weight is 402 g/mol. The number of nitrogens with zero attached hydrogens (tertiary/aromatic N) is 2. The highest BCUT2D eigenvalue weighted by atomic mass is 32.2. The van der Waals surface area contributed by atoms with Gasteiger partial charge in [-0.3, -0.25) is 9.36 Å². The van der Waals surface area contributed by atoms with Gasteiger partial charge < -0.3 is 5.32 Å². The predicted molar refractivity (Wildman–Crippen MR) is 107 cm³/mol. The fourth-order valence-corrected chi connectivity index (χ4v) is 4.23. The molecule has 1 amide bonds. The molecule has 1 heterocycles. The number of carbonyl (C=O) groups excluding carboxylic acids is 1. The van der Waals surface area contributed by atoms with Crippen molar-refractivity contribution >= 4 is 33.2 Å². The third kappa shape index (κ3) is 4.58. The van der Waals surface area contributed by atoms with Crippen LogP contribution in [0.2, 0.25) is 0 Å². The Morgan fingerprint density at radius 3 is 2.59 bits per heavy atom. The predicted octanol–water partition coefficient (Wildman–Crippen LogP) is 3.32. The number of hydrogen-bond donors (Lipinski definition) is 1. The summed E-state index contributed by atoms with van der Waals surface area (Å²) in [4.78, 5) is 16.8. The molecule has 3 rings (SSSR count). The SMILES string of the molecule is Cc1ccccc1-n1ccnc1SCC(=O)Nc1ccccc1S(C)(=O)=O. The van der Waals surface area contributed by atoms with Crippen LogP contribution < -0.4 is 5.32 Å². The van der Waals surface area contributed by atoms with Gasteiger partial charge in [-0.2, -0.15) is 0 Å². The van der Waals surface area contributed by atoms with Gasteiger partial charge in [-0.05, 0) is 30.7 Å². The fourth-order valence-electron chi connectivity index (χ4n) is 2.62. The van der Waals surface area contributed by atoms with Crippen LogP contribution >= 0.6 is 11.8 Å². The topological polar surface area (TPSA) is 81.1 Å². The zero-order chi connectivity index (χ0) is 19.4. The molecule has 140 valence electrons. The average Bonchev–Trinajstić information content (AvgIpc) is 3.08. The molecule has 0 atom stereocenters. The van der Waals surface area contributed by atoms with Crippen molar-refractivity contribution in [1.82, 2.24) is 9.55 Å². The van der Waals surface area contributed by atoms with Crippen molar-refractivity contribution < 1.29 is 13.2 Å². The minimum atomic E-state index is -3.42. The third-order valence-corrected chi connectivity index (χ3v) is 6.00. The fraction of sp³-hybridized carbons (Fsp3) is 0.158. The highest BCUT2D eigenvalue weighted by Gasteiger charge is 2.15. The van der Waals surface area contributed by atoms with Crippen molar-refractivity contribution in [2.24, 2.45) is 0 Å². The Kier molecular flexibility index (Phi) is 5.67. The number of nitrogens with one attached hydrogen (secondary N) is 1. The van der Waals surface area contributed by atoms with Gasteiger partial charge in [-0.25, -0.2) is 13.4 Å². The summed E-state index contributed by atoms with van der Waals surface area (Å²) in [5, 5.41) is 3.36. The number of aryl methyl sites for hydroxylation is 1. The molecule has 1 N–H and O–H groups in total. The van der Waals surface area contributed by atoms with E-state index in [9.17, 15) is 13.2 Å². The first-order chi connectivity index (χ1) is 12.9. The molecule has 6 nitrogen and oxygen atoms in total. The molecule has 0 bridgehead atoms. The Bertz CT molecular complexity index is 1080. The number of aromatic nitrogens is 2. The van der Waals surface area contributed by atoms with Crippen LogP contribution in [0.15, 0.2) is 71.0 Å². The van der Waals surface area contributed by atoms with E-state index >= 15 is 0 Å². The second kappa shape index (κ2) is 7.98. The maximum atomic E-state index is 12.3. The van der Waals surface area contributed by atoms with Gasteiger partial charge in [0.15, 0.2) is 15.0 Å². The molecule has 0 spiro atoms. The summed E-state index contributed by atoms with van der Waals surface area (Å²) in [5.74, 6) is -0.184. The minimum Gasteiger partial charge on any atom is -0.324 e. The first kappa shape index (κ1) is 19.2. The summed E-state index contributed by atoms with van der Waals surface area (Å²) >= 11 is 1.29. The van der Waals surface area contributed by atoms with E-state index in [1.54, 1.807) is 24.4 Å². The summed E-state index contributed by atoms with van der Waals surface area (Å²) in [6.45, 7) is 2.01. The minimum absolute atomic E-state index is 0.102. The van der Waals surface area contributed by atoms with E-state index in [4.69, 9.17) is 0 Å². The van der Waals surface area contributed by atoms with E-state index in [0.29, 0.717) is 5.16 Å². The van der Waals surface area contributed by atoms with E-state index in [-0.39, 0.29) is 22.2 Å². The van der Waals surface area contributed by atoms with Gasteiger partial charge in [0.25, 0.3) is 0 Å². The van der Waals surface area contributed by atoms with E-state index < -0.39 is 9.84 Å². The summed E-state index contributed by atoms with van der Waals surface area (Å²) < 4.78 is 25.6. The van der Waals surface area contributed by atoms with Gasteiger partial charge >= 0.3 is 0 Å². The number of imidazole rings is 1. The smallest absolute Gasteiger partial charge is 0.234 e. The van der Waals surface area contributed by atoms with Gasteiger partial charge in [0, 0.05) is 18.6 Å². The van der Waals surface area contributed by atoms with Crippen molar-refractivity contribution in [3.8, 4) is 5.69 Å². The number of thioether (sulfide) groups is 1. The van der Waals surface area contributed by atoms with Crippen LogP contribution in [0.5, 0.6) is 0 Å². The summed E-state index contributed by atoms with van der Waals surface area (Å²) in [5.41, 5.74) is 2.39. The molecular weight excluding hydrogens is 382 g/mol. The molecule has 0 saturated heterocycles. The second-order valence-corrected chi connectivity index (χ2v) is 8.90. The Labute approximate surface area is 162 Å². The van der Waals surface area contributed by atoms with E-state index in [1.165, 1.54) is 17.8 Å². The molecule has 2 aromatic carbocycles. The molecule has 0 unspecified atom stereocenters. The Morgan fingerprint density at radius 2 is 1.85 bits per heavy atom. The lowest BCUT2D eigenvalue weighted by molar-refractivity contribution is -0.113. The Morgan fingerprint density at radius 1 is 1.15 bits per heavy atom. The molecule has 3 aromatic rings. The molecule has 0 aliphatic heterocycles. The quantitative estimate of drug-likeness (QED) is 0.641. The second-order valence-electron chi connectivity index (χ2n) is 5.97. The maximum absolute atomic E-state index is 12.3. The Balaban J connectivity index is 1.72. The van der Waals surface area contributed by atoms with Gasteiger partial charge in [0.1, 0.15) is 0 Å². The lowest BCUT2D eigenvalue weighted by atomic mass is 10.2. The number of rotatable bonds is 6. The normalized spacial score (nSPS) is 11.3.